The average molecular weight is 223 g/mol. The van der Waals surface area contributed by atoms with Crippen LogP contribution in [0.1, 0.15) is 30.9 Å². The van der Waals surface area contributed by atoms with Gasteiger partial charge >= 0.3 is 0 Å². The van der Waals surface area contributed by atoms with Crippen molar-refractivity contribution in [1.82, 2.24) is 5.32 Å². The Balaban J connectivity index is 2.15. The van der Waals surface area contributed by atoms with Gasteiger partial charge in [0.1, 0.15) is 11.5 Å². The number of hydrogen-bond donors (Lipinski definition) is 4. The Bertz CT molecular complexity index is 341. The first-order valence-corrected chi connectivity index (χ1v) is 5.61. The van der Waals surface area contributed by atoms with E-state index >= 15 is 0 Å². The van der Waals surface area contributed by atoms with Crippen molar-refractivity contribution in [2.45, 2.75) is 31.4 Å². The topological polar surface area (TPSA) is 72.7 Å². The quantitative estimate of drug-likeness (QED) is 0.609. The van der Waals surface area contributed by atoms with E-state index < -0.39 is 6.10 Å². The number of benzene rings is 1. The van der Waals surface area contributed by atoms with Gasteiger partial charge in [-0.25, -0.2) is 0 Å². The molecule has 1 aliphatic heterocycles. The Morgan fingerprint density at radius 2 is 1.81 bits per heavy atom. The molecular weight excluding hydrogens is 206 g/mol. The van der Waals surface area contributed by atoms with Crippen LogP contribution in [-0.2, 0) is 0 Å². The minimum Gasteiger partial charge on any atom is -0.508 e. The molecule has 0 bridgehead atoms. The Hall–Kier alpha value is -1.26. The normalized spacial score (nSPS) is 22.9. The molecular formula is C12H17NO3. The minimum absolute atomic E-state index is 0.00921. The Morgan fingerprint density at radius 1 is 1.12 bits per heavy atom. The van der Waals surface area contributed by atoms with Gasteiger partial charge in [0.2, 0.25) is 0 Å². The number of hydrogen-bond acceptors (Lipinski definition) is 4. The lowest BCUT2D eigenvalue weighted by atomic mass is 9.95. The van der Waals surface area contributed by atoms with Gasteiger partial charge in [-0.2, -0.15) is 0 Å². The van der Waals surface area contributed by atoms with Gasteiger partial charge in [-0.3, -0.25) is 0 Å². The zero-order chi connectivity index (χ0) is 11.5. The highest BCUT2D eigenvalue weighted by Crippen LogP contribution is 2.28. The van der Waals surface area contributed by atoms with Crippen LogP contribution in [0.25, 0.3) is 0 Å². The van der Waals surface area contributed by atoms with Crippen LogP contribution < -0.4 is 5.32 Å². The summed E-state index contributed by atoms with van der Waals surface area (Å²) in [6, 6.07) is 4.24. The molecule has 2 rings (SSSR count). The maximum atomic E-state index is 10.1. The van der Waals surface area contributed by atoms with E-state index in [9.17, 15) is 15.3 Å². The summed E-state index contributed by atoms with van der Waals surface area (Å²) in [5, 5.41) is 32.1. The van der Waals surface area contributed by atoms with Crippen molar-refractivity contribution in [3.63, 3.8) is 0 Å². The molecule has 1 aromatic rings. The highest BCUT2D eigenvalue weighted by Gasteiger charge is 2.23. The first-order valence-electron chi connectivity index (χ1n) is 5.61. The van der Waals surface area contributed by atoms with Crippen LogP contribution >= 0.6 is 0 Å². The average Bonchev–Trinajstić information content (AvgIpc) is 2.28. The summed E-state index contributed by atoms with van der Waals surface area (Å²) in [6.07, 6.45) is 2.46. The molecule has 0 amide bonds. The van der Waals surface area contributed by atoms with E-state index in [-0.39, 0.29) is 17.5 Å². The predicted molar refractivity (Wildman–Crippen MR) is 60.4 cm³/mol. The van der Waals surface area contributed by atoms with Crippen molar-refractivity contribution in [3.8, 4) is 11.5 Å². The summed E-state index contributed by atoms with van der Waals surface area (Å²) in [6.45, 7) is 0.909. The van der Waals surface area contributed by atoms with Crippen molar-refractivity contribution in [2.75, 3.05) is 6.54 Å². The maximum Gasteiger partial charge on any atom is 0.119 e. The number of rotatable bonds is 2. The highest BCUT2D eigenvalue weighted by molar-refractivity contribution is 5.38. The summed E-state index contributed by atoms with van der Waals surface area (Å²) in [5.74, 6) is -0.0466. The molecule has 16 heavy (non-hydrogen) atoms. The Labute approximate surface area is 94.5 Å². The third kappa shape index (κ3) is 2.46. The van der Waals surface area contributed by atoms with Gasteiger partial charge < -0.3 is 20.6 Å². The summed E-state index contributed by atoms with van der Waals surface area (Å²) in [4.78, 5) is 0. The van der Waals surface area contributed by atoms with E-state index in [1.165, 1.54) is 18.2 Å². The molecule has 1 aliphatic rings. The fraction of sp³-hybridized carbons (Fsp3) is 0.500. The van der Waals surface area contributed by atoms with E-state index in [1.54, 1.807) is 0 Å². The molecule has 1 fully saturated rings. The fourth-order valence-corrected chi connectivity index (χ4v) is 2.17. The molecule has 0 saturated carbocycles. The molecule has 0 unspecified atom stereocenters. The predicted octanol–water partition coefficient (Wildman–Crippen LogP) is 1.27. The molecule has 1 aromatic carbocycles. The molecule has 0 aromatic heterocycles. The molecule has 4 N–H and O–H groups in total. The monoisotopic (exact) mass is 223 g/mol. The van der Waals surface area contributed by atoms with Crippen LogP contribution in [0.3, 0.4) is 0 Å². The number of phenolic OH excluding ortho intramolecular Hbond substituents is 2. The van der Waals surface area contributed by atoms with Gasteiger partial charge in [0, 0.05) is 12.1 Å². The molecule has 1 heterocycles. The van der Waals surface area contributed by atoms with E-state index in [4.69, 9.17) is 0 Å². The fourth-order valence-electron chi connectivity index (χ4n) is 2.17. The van der Waals surface area contributed by atoms with Gasteiger partial charge in [-0.15, -0.1) is 0 Å². The van der Waals surface area contributed by atoms with E-state index in [2.05, 4.69) is 5.32 Å². The number of nitrogens with one attached hydrogen (secondary N) is 1. The van der Waals surface area contributed by atoms with Crippen molar-refractivity contribution in [2.24, 2.45) is 0 Å². The molecule has 0 spiro atoms. The summed E-state index contributed by atoms with van der Waals surface area (Å²) in [7, 11) is 0. The first kappa shape index (κ1) is 11.2. The van der Waals surface area contributed by atoms with Crippen LogP contribution in [0.15, 0.2) is 18.2 Å². The van der Waals surface area contributed by atoms with Crippen molar-refractivity contribution < 1.29 is 15.3 Å². The molecule has 88 valence electrons. The van der Waals surface area contributed by atoms with Crippen LogP contribution in [0.2, 0.25) is 0 Å². The van der Waals surface area contributed by atoms with Gasteiger partial charge in [-0.05, 0) is 37.1 Å². The number of aliphatic hydroxyl groups excluding tert-OH is 1. The Morgan fingerprint density at radius 3 is 2.38 bits per heavy atom. The zero-order valence-electron chi connectivity index (χ0n) is 9.06. The third-order valence-corrected chi connectivity index (χ3v) is 3.00. The van der Waals surface area contributed by atoms with E-state index in [0.717, 1.165) is 25.8 Å². The smallest absolute Gasteiger partial charge is 0.119 e. The number of aromatic hydroxyl groups is 2. The van der Waals surface area contributed by atoms with Gasteiger partial charge in [-0.1, -0.05) is 6.42 Å². The maximum absolute atomic E-state index is 10.1. The van der Waals surface area contributed by atoms with E-state index in [0.29, 0.717) is 5.56 Å². The summed E-state index contributed by atoms with van der Waals surface area (Å²) >= 11 is 0. The van der Waals surface area contributed by atoms with Crippen LogP contribution in [0, 0.1) is 0 Å². The van der Waals surface area contributed by atoms with Crippen molar-refractivity contribution in [3.05, 3.63) is 23.8 Å². The molecule has 0 aliphatic carbocycles. The second kappa shape index (κ2) is 4.72. The zero-order valence-corrected chi connectivity index (χ0v) is 9.06. The largest absolute Gasteiger partial charge is 0.508 e. The first-order chi connectivity index (χ1) is 7.66. The molecule has 0 radical (unpaired) electrons. The molecule has 4 nitrogen and oxygen atoms in total. The van der Waals surface area contributed by atoms with Crippen molar-refractivity contribution >= 4 is 0 Å². The van der Waals surface area contributed by atoms with E-state index in [1.807, 2.05) is 0 Å². The van der Waals surface area contributed by atoms with Crippen LogP contribution in [0.4, 0.5) is 0 Å². The SMILES string of the molecule is Oc1cc(O)cc([C@H](O)[C@@H]2CCCCN2)c1. The van der Waals surface area contributed by atoms with Crippen LogP contribution in [-0.4, -0.2) is 27.9 Å². The standard InChI is InChI=1S/C12H17NO3/c14-9-5-8(6-10(15)7-9)12(16)11-3-1-2-4-13-11/h5-7,11-16H,1-4H2/t11-,12-/m0/s1. The molecule has 1 saturated heterocycles. The Kier molecular flexibility index (Phi) is 3.31. The van der Waals surface area contributed by atoms with Gasteiger partial charge in [0.15, 0.2) is 0 Å². The highest BCUT2D eigenvalue weighted by atomic mass is 16.3. The molecule has 2 atom stereocenters. The lowest BCUT2D eigenvalue weighted by molar-refractivity contribution is 0.113. The summed E-state index contributed by atoms with van der Waals surface area (Å²) < 4.78 is 0. The summed E-state index contributed by atoms with van der Waals surface area (Å²) in [5.41, 5.74) is 0.553. The second-order valence-corrected chi connectivity index (χ2v) is 4.28. The number of piperidine rings is 1. The number of phenols is 2. The van der Waals surface area contributed by atoms with Gasteiger partial charge in [0.05, 0.1) is 6.10 Å². The lowest BCUT2D eigenvalue weighted by Gasteiger charge is -2.28. The lowest BCUT2D eigenvalue weighted by Crippen LogP contribution is -2.38. The van der Waals surface area contributed by atoms with Crippen LogP contribution in [0.5, 0.6) is 11.5 Å². The number of aliphatic hydroxyl groups is 1. The second-order valence-electron chi connectivity index (χ2n) is 4.28. The third-order valence-electron chi connectivity index (χ3n) is 3.00. The molecule has 4 heteroatoms. The van der Waals surface area contributed by atoms with Gasteiger partial charge in [0.25, 0.3) is 0 Å². The minimum atomic E-state index is -0.682. The van der Waals surface area contributed by atoms with Crippen molar-refractivity contribution in [1.29, 1.82) is 0 Å².